The summed E-state index contributed by atoms with van der Waals surface area (Å²) in [7, 11) is 1.60. The van der Waals surface area contributed by atoms with E-state index in [0.29, 0.717) is 11.4 Å². The molecule has 0 bridgehead atoms. The van der Waals surface area contributed by atoms with Gasteiger partial charge in [0.2, 0.25) is 5.91 Å². The summed E-state index contributed by atoms with van der Waals surface area (Å²) in [5.41, 5.74) is 3.95. The fourth-order valence-electron chi connectivity index (χ4n) is 3.40. The Balaban J connectivity index is 1.60. The smallest absolute Gasteiger partial charge is 0.246 e. The standard InChI is InChI=1S/C22H29N3O2/c1-16-7-12-21(27-3)20(15-16)24-22(26)17(2)23-18-8-10-19(11-9-18)25-13-5-4-6-14-25/h7-12,15,17,23H,4-6,13-14H2,1-3H3,(H,24,26)/t17-/m0/s1. The normalized spacial score (nSPS) is 15.1. The summed E-state index contributed by atoms with van der Waals surface area (Å²) in [5.74, 6) is 0.561. The molecule has 1 heterocycles. The number of hydrogen-bond donors (Lipinski definition) is 2. The van der Waals surface area contributed by atoms with Crippen molar-refractivity contribution in [1.82, 2.24) is 0 Å². The second-order valence-corrected chi connectivity index (χ2v) is 7.15. The van der Waals surface area contributed by atoms with E-state index in [1.807, 2.05) is 44.2 Å². The van der Waals surface area contributed by atoms with Crippen molar-refractivity contribution in [2.75, 3.05) is 35.7 Å². The van der Waals surface area contributed by atoms with Crippen LogP contribution < -0.4 is 20.3 Å². The number of benzene rings is 2. The number of ether oxygens (including phenoxy) is 1. The predicted octanol–water partition coefficient (Wildman–Crippen LogP) is 4.43. The van der Waals surface area contributed by atoms with E-state index in [-0.39, 0.29) is 11.9 Å². The highest BCUT2D eigenvalue weighted by atomic mass is 16.5. The van der Waals surface area contributed by atoms with Crippen molar-refractivity contribution >= 4 is 23.0 Å². The maximum absolute atomic E-state index is 12.6. The van der Waals surface area contributed by atoms with Gasteiger partial charge in [-0.05, 0) is 75.1 Å². The van der Waals surface area contributed by atoms with Crippen molar-refractivity contribution in [1.29, 1.82) is 0 Å². The Morgan fingerprint density at radius 3 is 2.44 bits per heavy atom. The molecule has 0 saturated carbocycles. The summed E-state index contributed by atoms with van der Waals surface area (Å²) < 4.78 is 5.33. The quantitative estimate of drug-likeness (QED) is 0.793. The molecule has 1 saturated heterocycles. The molecule has 144 valence electrons. The molecule has 0 aromatic heterocycles. The second kappa shape index (κ2) is 8.80. The van der Waals surface area contributed by atoms with Crippen LogP contribution in [0.2, 0.25) is 0 Å². The molecule has 0 unspecified atom stereocenters. The van der Waals surface area contributed by atoms with Crippen LogP contribution >= 0.6 is 0 Å². The van der Waals surface area contributed by atoms with Gasteiger partial charge in [-0.1, -0.05) is 6.07 Å². The Morgan fingerprint density at radius 1 is 1.07 bits per heavy atom. The van der Waals surface area contributed by atoms with Gasteiger partial charge in [0.05, 0.1) is 12.8 Å². The number of rotatable bonds is 6. The van der Waals surface area contributed by atoms with E-state index in [9.17, 15) is 4.79 Å². The summed E-state index contributed by atoms with van der Waals surface area (Å²) in [6.07, 6.45) is 3.85. The third-order valence-corrected chi connectivity index (χ3v) is 4.98. The van der Waals surface area contributed by atoms with Gasteiger partial charge in [-0.15, -0.1) is 0 Å². The third-order valence-electron chi connectivity index (χ3n) is 4.98. The summed E-state index contributed by atoms with van der Waals surface area (Å²) in [6, 6.07) is 13.7. The fourth-order valence-corrected chi connectivity index (χ4v) is 3.40. The molecule has 1 aliphatic rings. The molecule has 0 aliphatic carbocycles. The number of carbonyl (C=O) groups excluding carboxylic acids is 1. The Kier molecular flexibility index (Phi) is 6.22. The molecule has 2 N–H and O–H groups in total. The molecule has 1 fully saturated rings. The highest BCUT2D eigenvalue weighted by Gasteiger charge is 2.16. The lowest BCUT2D eigenvalue weighted by Crippen LogP contribution is -2.32. The van der Waals surface area contributed by atoms with Crippen LogP contribution in [0.4, 0.5) is 17.1 Å². The zero-order valence-electron chi connectivity index (χ0n) is 16.4. The molecule has 1 atom stereocenters. The van der Waals surface area contributed by atoms with E-state index in [2.05, 4.69) is 27.7 Å². The molecule has 5 heteroatoms. The third kappa shape index (κ3) is 4.94. The van der Waals surface area contributed by atoms with Crippen LogP contribution in [0.1, 0.15) is 31.7 Å². The minimum absolute atomic E-state index is 0.0981. The van der Waals surface area contributed by atoms with Crippen molar-refractivity contribution in [2.45, 2.75) is 39.2 Å². The molecule has 1 amide bonds. The number of nitrogens with zero attached hydrogens (tertiary/aromatic N) is 1. The van der Waals surface area contributed by atoms with Gasteiger partial charge in [0, 0.05) is 24.5 Å². The highest BCUT2D eigenvalue weighted by Crippen LogP contribution is 2.26. The largest absolute Gasteiger partial charge is 0.495 e. The molecule has 5 nitrogen and oxygen atoms in total. The lowest BCUT2D eigenvalue weighted by molar-refractivity contribution is -0.116. The maximum atomic E-state index is 12.6. The van der Waals surface area contributed by atoms with Crippen molar-refractivity contribution in [3.05, 3.63) is 48.0 Å². The van der Waals surface area contributed by atoms with Gasteiger partial charge in [0.25, 0.3) is 0 Å². The molecule has 27 heavy (non-hydrogen) atoms. The minimum Gasteiger partial charge on any atom is -0.495 e. The van der Waals surface area contributed by atoms with Crippen molar-refractivity contribution in [3.8, 4) is 5.75 Å². The average Bonchev–Trinajstić information content (AvgIpc) is 2.69. The van der Waals surface area contributed by atoms with E-state index in [0.717, 1.165) is 24.3 Å². The number of anilines is 3. The van der Waals surface area contributed by atoms with Crippen molar-refractivity contribution < 1.29 is 9.53 Å². The number of aryl methyl sites for hydroxylation is 1. The number of nitrogens with one attached hydrogen (secondary N) is 2. The van der Waals surface area contributed by atoms with Gasteiger partial charge >= 0.3 is 0 Å². The molecule has 1 aliphatic heterocycles. The summed E-state index contributed by atoms with van der Waals surface area (Å²) in [6.45, 7) is 6.10. The Hall–Kier alpha value is -2.69. The highest BCUT2D eigenvalue weighted by molar-refractivity contribution is 5.97. The molecule has 0 spiro atoms. The number of amides is 1. The number of carbonyl (C=O) groups is 1. The first-order valence-electron chi connectivity index (χ1n) is 9.64. The van der Waals surface area contributed by atoms with Gasteiger partial charge in [0.1, 0.15) is 11.8 Å². The predicted molar refractivity (Wildman–Crippen MR) is 112 cm³/mol. The van der Waals surface area contributed by atoms with Crippen LogP contribution in [0, 0.1) is 6.92 Å². The van der Waals surface area contributed by atoms with Crippen LogP contribution in [0.3, 0.4) is 0 Å². The van der Waals surface area contributed by atoms with Crippen LogP contribution in [0.25, 0.3) is 0 Å². The van der Waals surface area contributed by atoms with Crippen molar-refractivity contribution in [3.63, 3.8) is 0 Å². The number of hydrogen-bond acceptors (Lipinski definition) is 4. The van der Waals surface area contributed by atoms with E-state index in [1.54, 1.807) is 7.11 Å². The average molecular weight is 367 g/mol. The van der Waals surface area contributed by atoms with Crippen LogP contribution in [-0.4, -0.2) is 32.1 Å². The SMILES string of the molecule is COc1ccc(C)cc1NC(=O)[C@H](C)Nc1ccc(N2CCCCC2)cc1. The molecular formula is C22H29N3O2. The lowest BCUT2D eigenvalue weighted by atomic mass is 10.1. The number of piperidine rings is 1. The first-order chi connectivity index (χ1) is 13.1. The molecule has 0 radical (unpaired) electrons. The maximum Gasteiger partial charge on any atom is 0.246 e. The Labute approximate surface area is 161 Å². The molecular weight excluding hydrogens is 338 g/mol. The Bertz CT molecular complexity index is 768. The topological polar surface area (TPSA) is 53.6 Å². The molecule has 2 aromatic carbocycles. The summed E-state index contributed by atoms with van der Waals surface area (Å²) in [5, 5.41) is 6.22. The zero-order chi connectivity index (χ0) is 19.2. The first kappa shape index (κ1) is 19.1. The minimum atomic E-state index is -0.365. The monoisotopic (exact) mass is 367 g/mol. The van der Waals surface area contributed by atoms with Gasteiger partial charge in [-0.2, -0.15) is 0 Å². The van der Waals surface area contributed by atoms with Gasteiger partial charge in [-0.25, -0.2) is 0 Å². The second-order valence-electron chi connectivity index (χ2n) is 7.15. The van der Waals surface area contributed by atoms with Crippen LogP contribution in [0.5, 0.6) is 5.75 Å². The van der Waals surface area contributed by atoms with Gasteiger partial charge in [-0.3, -0.25) is 4.79 Å². The van der Waals surface area contributed by atoms with Crippen LogP contribution in [0.15, 0.2) is 42.5 Å². The van der Waals surface area contributed by atoms with E-state index in [4.69, 9.17) is 4.74 Å². The summed E-state index contributed by atoms with van der Waals surface area (Å²) in [4.78, 5) is 15.0. The number of methoxy groups -OCH3 is 1. The first-order valence-corrected chi connectivity index (χ1v) is 9.64. The lowest BCUT2D eigenvalue weighted by Gasteiger charge is -2.29. The van der Waals surface area contributed by atoms with Crippen LogP contribution in [-0.2, 0) is 4.79 Å². The Morgan fingerprint density at radius 2 is 1.78 bits per heavy atom. The van der Waals surface area contributed by atoms with Gasteiger partial charge < -0.3 is 20.3 Å². The molecule has 3 rings (SSSR count). The zero-order valence-corrected chi connectivity index (χ0v) is 16.4. The van der Waals surface area contributed by atoms with E-state index in [1.165, 1.54) is 24.9 Å². The molecule has 2 aromatic rings. The van der Waals surface area contributed by atoms with Gasteiger partial charge in [0.15, 0.2) is 0 Å². The summed E-state index contributed by atoms with van der Waals surface area (Å²) >= 11 is 0. The fraction of sp³-hybridized carbons (Fsp3) is 0.409. The van der Waals surface area contributed by atoms with E-state index >= 15 is 0 Å². The van der Waals surface area contributed by atoms with Crippen molar-refractivity contribution in [2.24, 2.45) is 0 Å². The van der Waals surface area contributed by atoms with E-state index < -0.39 is 0 Å².